The Hall–Kier alpha value is -1.96. The number of carbonyl (C=O) groups is 2. The van der Waals surface area contributed by atoms with Crippen molar-refractivity contribution in [3.05, 3.63) is 35.9 Å². The zero-order valence-electron chi connectivity index (χ0n) is 21.1. The maximum Gasteiger partial charge on any atom is 0.243 e. The van der Waals surface area contributed by atoms with Crippen molar-refractivity contribution in [1.29, 1.82) is 0 Å². The van der Waals surface area contributed by atoms with Crippen LogP contribution in [0.4, 0.5) is 0 Å². The van der Waals surface area contributed by atoms with E-state index in [2.05, 4.69) is 34.7 Å². The smallest absolute Gasteiger partial charge is 0.243 e. The van der Waals surface area contributed by atoms with E-state index in [1.165, 1.54) is 0 Å². The van der Waals surface area contributed by atoms with Crippen LogP contribution in [0, 0.1) is 11.3 Å². The summed E-state index contributed by atoms with van der Waals surface area (Å²) in [5, 5.41) is 20.2. The molecule has 1 fully saturated rings. The Morgan fingerprint density at radius 3 is 2.24 bits per heavy atom. The van der Waals surface area contributed by atoms with Crippen LogP contribution in [-0.4, -0.2) is 72.7 Å². The predicted octanol–water partition coefficient (Wildman–Crippen LogP) is 1.95. The Kier molecular flexibility index (Phi) is 10.8. The zero-order chi connectivity index (χ0) is 24.4. The molecule has 3 atom stereocenters. The lowest BCUT2D eigenvalue weighted by molar-refractivity contribution is -0.133. The van der Waals surface area contributed by atoms with Gasteiger partial charge >= 0.3 is 0 Å². The molecular formula is C26H44N4O3. The number of amides is 2. The Morgan fingerprint density at radius 1 is 1.03 bits per heavy atom. The number of hydrogen-bond acceptors (Lipinski definition) is 5. The lowest BCUT2D eigenvalue weighted by Crippen LogP contribution is -2.59. The fraction of sp³-hybridized carbons (Fsp3) is 0.692. The molecule has 4 N–H and O–H groups in total. The number of rotatable bonds is 12. The van der Waals surface area contributed by atoms with Gasteiger partial charge in [-0.05, 0) is 55.8 Å². The van der Waals surface area contributed by atoms with E-state index in [-0.39, 0.29) is 11.8 Å². The Morgan fingerprint density at radius 2 is 1.67 bits per heavy atom. The van der Waals surface area contributed by atoms with E-state index in [4.69, 9.17) is 0 Å². The van der Waals surface area contributed by atoms with Gasteiger partial charge in [-0.3, -0.25) is 14.5 Å². The van der Waals surface area contributed by atoms with E-state index in [9.17, 15) is 14.7 Å². The molecule has 1 aliphatic heterocycles. The Bertz CT molecular complexity index is 727. The molecule has 1 aliphatic rings. The highest BCUT2D eigenvalue weighted by atomic mass is 16.3. The molecule has 1 saturated heterocycles. The van der Waals surface area contributed by atoms with Crippen LogP contribution in [0.2, 0.25) is 0 Å². The van der Waals surface area contributed by atoms with E-state index in [0.717, 1.165) is 38.0 Å². The van der Waals surface area contributed by atoms with Gasteiger partial charge in [-0.15, -0.1) is 0 Å². The number of aliphatic hydroxyl groups is 1. The van der Waals surface area contributed by atoms with Gasteiger partial charge in [0.1, 0.15) is 6.04 Å². The monoisotopic (exact) mass is 460 g/mol. The lowest BCUT2D eigenvalue weighted by Gasteiger charge is -2.33. The third-order valence-electron chi connectivity index (χ3n) is 6.00. The van der Waals surface area contributed by atoms with Crippen molar-refractivity contribution < 1.29 is 14.7 Å². The second-order valence-corrected chi connectivity index (χ2v) is 10.8. The minimum atomic E-state index is -0.756. The van der Waals surface area contributed by atoms with Gasteiger partial charge in [-0.25, -0.2) is 0 Å². The Labute approximate surface area is 199 Å². The molecule has 33 heavy (non-hydrogen) atoms. The van der Waals surface area contributed by atoms with Crippen LogP contribution in [0.5, 0.6) is 0 Å². The predicted molar refractivity (Wildman–Crippen MR) is 133 cm³/mol. The molecule has 1 aromatic carbocycles. The van der Waals surface area contributed by atoms with Gasteiger partial charge in [0.15, 0.2) is 0 Å². The summed E-state index contributed by atoms with van der Waals surface area (Å²) in [5.74, 6) is 0.0716. The molecule has 1 aromatic rings. The third kappa shape index (κ3) is 9.82. The molecule has 0 aromatic heterocycles. The molecule has 2 amide bonds. The summed E-state index contributed by atoms with van der Waals surface area (Å²) in [7, 11) is 0. The number of nitrogens with zero attached hydrogens (tertiary/aromatic N) is 1. The van der Waals surface area contributed by atoms with Gasteiger partial charge in [-0.1, -0.05) is 65.0 Å². The summed E-state index contributed by atoms with van der Waals surface area (Å²) in [6, 6.07) is 8.67. The standard InChI is InChI=1S/C26H44N4O3/c1-19(2)16-27-17-22(31)21(15-20-11-7-6-8-12-20)28-25(33)24(26(3,4)5)29-23(32)18-30-13-9-10-14-30/h6-8,11-12,19,21-22,24,27,31H,9-10,13-18H2,1-5H3,(H,28,33)(H,29,32)/t21-,22+,24+/m0/s1. The van der Waals surface area contributed by atoms with E-state index in [0.29, 0.717) is 25.4 Å². The summed E-state index contributed by atoms with van der Waals surface area (Å²) in [5.41, 5.74) is 0.569. The summed E-state index contributed by atoms with van der Waals surface area (Å²) in [6.07, 6.45) is 1.98. The molecule has 7 heteroatoms. The lowest BCUT2D eigenvalue weighted by atomic mass is 9.85. The van der Waals surface area contributed by atoms with Crippen molar-refractivity contribution >= 4 is 11.8 Å². The molecule has 0 unspecified atom stereocenters. The highest BCUT2D eigenvalue weighted by Crippen LogP contribution is 2.20. The van der Waals surface area contributed by atoms with Crippen LogP contribution in [0.25, 0.3) is 0 Å². The van der Waals surface area contributed by atoms with Gasteiger partial charge in [0.2, 0.25) is 11.8 Å². The number of likely N-dealkylation sites (tertiary alicyclic amines) is 1. The minimum Gasteiger partial charge on any atom is -0.390 e. The van der Waals surface area contributed by atoms with Crippen LogP contribution in [-0.2, 0) is 16.0 Å². The van der Waals surface area contributed by atoms with Gasteiger partial charge in [0.25, 0.3) is 0 Å². The second-order valence-electron chi connectivity index (χ2n) is 10.8. The SMILES string of the molecule is CC(C)CNC[C@@H](O)[C@H](Cc1ccccc1)NC(=O)[C@@H](NC(=O)CN1CCCC1)C(C)(C)C. The fourth-order valence-corrected chi connectivity index (χ4v) is 4.11. The quantitative estimate of drug-likeness (QED) is 0.383. The van der Waals surface area contributed by atoms with Crippen molar-refractivity contribution in [2.24, 2.45) is 11.3 Å². The van der Waals surface area contributed by atoms with E-state index < -0.39 is 23.6 Å². The van der Waals surface area contributed by atoms with E-state index in [1.807, 2.05) is 51.1 Å². The van der Waals surface area contributed by atoms with Crippen LogP contribution in [0.3, 0.4) is 0 Å². The summed E-state index contributed by atoms with van der Waals surface area (Å²) in [4.78, 5) is 28.2. The molecule has 0 aliphatic carbocycles. The summed E-state index contributed by atoms with van der Waals surface area (Å²) in [6.45, 7) is 13.4. The zero-order valence-corrected chi connectivity index (χ0v) is 21.1. The molecule has 7 nitrogen and oxygen atoms in total. The van der Waals surface area contributed by atoms with Gasteiger partial charge in [0.05, 0.1) is 18.7 Å². The summed E-state index contributed by atoms with van der Waals surface area (Å²) < 4.78 is 0. The Balaban J connectivity index is 2.08. The van der Waals surface area contributed by atoms with Crippen LogP contribution in [0.15, 0.2) is 30.3 Å². The third-order valence-corrected chi connectivity index (χ3v) is 6.00. The number of nitrogens with one attached hydrogen (secondary N) is 3. The normalized spacial score (nSPS) is 17.5. The van der Waals surface area contributed by atoms with Gasteiger partial charge in [-0.2, -0.15) is 0 Å². The van der Waals surface area contributed by atoms with E-state index in [1.54, 1.807) is 0 Å². The highest BCUT2D eigenvalue weighted by molar-refractivity contribution is 5.89. The molecule has 2 rings (SSSR count). The summed E-state index contributed by atoms with van der Waals surface area (Å²) >= 11 is 0. The van der Waals surface area contributed by atoms with Crippen molar-refractivity contribution in [3.8, 4) is 0 Å². The molecule has 186 valence electrons. The second kappa shape index (κ2) is 13.1. The first-order valence-electron chi connectivity index (χ1n) is 12.3. The van der Waals surface area contributed by atoms with Crippen LogP contribution < -0.4 is 16.0 Å². The average molecular weight is 461 g/mol. The first-order valence-corrected chi connectivity index (χ1v) is 12.3. The van der Waals surface area contributed by atoms with E-state index >= 15 is 0 Å². The molecule has 0 spiro atoms. The highest BCUT2D eigenvalue weighted by Gasteiger charge is 2.35. The van der Waals surface area contributed by atoms with Crippen LogP contribution >= 0.6 is 0 Å². The van der Waals surface area contributed by atoms with Crippen LogP contribution in [0.1, 0.15) is 53.0 Å². The first kappa shape index (κ1) is 27.3. The first-order chi connectivity index (χ1) is 15.6. The van der Waals surface area contributed by atoms with Crippen molar-refractivity contribution in [2.45, 2.75) is 72.1 Å². The maximum atomic E-state index is 13.4. The van der Waals surface area contributed by atoms with Gasteiger partial charge < -0.3 is 21.1 Å². The number of benzene rings is 1. The molecule has 0 bridgehead atoms. The largest absolute Gasteiger partial charge is 0.390 e. The van der Waals surface area contributed by atoms with Gasteiger partial charge in [0, 0.05) is 6.54 Å². The fourth-order valence-electron chi connectivity index (χ4n) is 4.11. The molecule has 0 radical (unpaired) electrons. The number of carbonyl (C=O) groups excluding carboxylic acids is 2. The van der Waals surface area contributed by atoms with Crippen molar-refractivity contribution in [2.75, 3.05) is 32.7 Å². The molecular weight excluding hydrogens is 416 g/mol. The van der Waals surface area contributed by atoms with Crippen molar-refractivity contribution in [1.82, 2.24) is 20.9 Å². The topological polar surface area (TPSA) is 93.7 Å². The molecule has 0 saturated carbocycles. The minimum absolute atomic E-state index is 0.134. The number of hydrogen-bond donors (Lipinski definition) is 4. The molecule has 1 heterocycles. The average Bonchev–Trinajstić information content (AvgIpc) is 3.24. The van der Waals surface area contributed by atoms with Crippen molar-refractivity contribution in [3.63, 3.8) is 0 Å². The number of aliphatic hydroxyl groups excluding tert-OH is 1. The maximum absolute atomic E-state index is 13.4.